The molecular weight excluding hydrogens is 433 g/mol. The van der Waals surface area contributed by atoms with E-state index < -0.39 is 0 Å². The topological polar surface area (TPSA) is 45.6 Å². The van der Waals surface area contributed by atoms with Crippen LogP contribution in [0, 0.1) is 0 Å². The quantitative estimate of drug-likeness (QED) is 0.370. The molecule has 0 saturated heterocycles. The van der Waals surface area contributed by atoms with E-state index in [1.807, 2.05) is 19.1 Å². The number of aliphatic imine (C=N–C) groups is 1. The highest BCUT2D eigenvalue weighted by molar-refractivity contribution is 14.0. The second-order valence-electron chi connectivity index (χ2n) is 5.30. The minimum Gasteiger partial charge on any atom is -0.494 e. The fraction of sp³-hybridized carbons (Fsp3) is 0.389. The van der Waals surface area contributed by atoms with Crippen LogP contribution < -0.4 is 15.4 Å². The van der Waals surface area contributed by atoms with Crippen molar-refractivity contribution in [3.8, 4) is 5.75 Å². The molecule has 2 rings (SSSR count). The molecular formula is C18H26IN3OS. The van der Waals surface area contributed by atoms with Gasteiger partial charge in [-0.25, -0.2) is 0 Å². The molecule has 24 heavy (non-hydrogen) atoms. The van der Waals surface area contributed by atoms with E-state index >= 15 is 0 Å². The molecule has 0 bridgehead atoms. The largest absolute Gasteiger partial charge is 0.494 e. The van der Waals surface area contributed by atoms with Gasteiger partial charge in [-0.3, -0.25) is 4.99 Å². The van der Waals surface area contributed by atoms with Crippen molar-refractivity contribution >= 4 is 41.3 Å². The van der Waals surface area contributed by atoms with Gasteiger partial charge in [-0.15, -0.1) is 35.3 Å². The number of ether oxygens (including phenoxy) is 1. The van der Waals surface area contributed by atoms with E-state index in [2.05, 4.69) is 52.2 Å². The van der Waals surface area contributed by atoms with E-state index in [0.29, 0.717) is 19.1 Å². The first-order valence-corrected chi connectivity index (χ1v) is 8.80. The van der Waals surface area contributed by atoms with Gasteiger partial charge in [0.15, 0.2) is 5.96 Å². The molecule has 6 heteroatoms. The lowest BCUT2D eigenvalue weighted by Crippen LogP contribution is -2.38. The minimum atomic E-state index is 0. The summed E-state index contributed by atoms with van der Waals surface area (Å²) in [5.41, 5.74) is 1.17. The van der Waals surface area contributed by atoms with Gasteiger partial charge in [-0.05, 0) is 36.1 Å². The third-order valence-electron chi connectivity index (χ3n) is 3.50. The van der Waals surface area contributed by atoms with Crippen LogP contribution in [0.15, 0.2) is 46.8 Å². The van der Waals surface area contributed by atoms with Crippen LogP contribution in [0.25, 0.3) is 0 Å². The SMILES string of the molecule is CCOc1cccc(CNC(=NC)NCC(C)c2cccs2)c1.I. The molecule has 1 unspecified atom stereocenters. The van der Waals surface area contributed by atoms with Gasteiger partial charge in [0.2, 0.25) is 0 Å². The molecule has 2 aromatic rings. The molecule has 2 N–H and O–H groups in total. The zero-order chi connectivity index (χ0) is 16.5. The second kappa shape index (κ2) is 11.3. The molecule has 132 valence electrons. The van der Waals surface area contributed by atoms with Crippen LogP contribution in [0.5, 0.6) is 5.75 Å². The maximum atomic E-state index is 5.53. The van der Waals surface area contributed by atoms with Gasteiger partial charge >= 0.3 is 0 Å². The lowest BCUT2D eigenvalue weighted by atomic mass is 10.1. The molecule has 0 aliphatic heterocycles. The van der Waals surface area contributed by atoms with Crippen LogP contribution in [0.4, 0.5) is 0 Å². The van der Waals surface area contributed by atoms with Crippen molar-refractivity contribution in [2.75, 3.05) is 20.2 Å². The molecule has 1 heterocycles. The Bertz CT molecular complexity index is 616. The number of nitrogens with one attached hydrogen (secondary N) is 2. The number of thiophene rings is 1. The fourth-order valence-corrected chi connectivity index (χ4v) is 3.03. The van der Waals surface area contributed by atoms with E-state index in [1.165, 1.54) is 10.4 Å². The van der Waals surface area contributed by atoms with E-state index in [0.717, 1.165) is 18.3 Å². The van der Waals surface area contributed by atoms with Gasteiger partial charge in [0, 0.05) is 30.9 Å². The number of rotatable bonds is 7. The number of benzene rings is 1. The van der Waals surface area contributed by atoms with Crippen LogP contribution in [0.3, 0.4) is 0 Å². The van der Waals surface area contributed by atoms with E-state index in [-0.39, 0.29) is 24.0 Å². The molecule has 1 aromatic carbocycles. The van der Waals surface area contributed by atoms with E-state index in [9.17, 15) is 0 Å². The van der Waals surface area contributed by atoms with Crippen LogP contribution in [-0.2, 0) is 6.54 Å². The normalized spacial score (nSPS) is 12.2. The standard InChI is InChI=1S/C18H25N3OS.HI/c1-4-22-16-8-5-7-15(11-16)13-21-18(19-3)20-12-14(2)17-9-6-10-23-17;/h5-11,14H,4,12-13H2,1-3H3,(H2,19,20,21);1H. The number of guanidine groups is 1. The van der Waals surface area contributed by atoms with Crippen molar-refractivity contribution in [2.24, 2.45) is 4.99 Å². The van der Waals surface area contributed by atoms with E-state index in [4.69, 9.17) is 4.74 Å². The van der Waals surface area contributed by atoms with E-state index in [1.54, 1.807) is 18.4 Å². The first-order chi connectivity index (χ1) is 11.2. The smallest absolute Gasteiger partial charge is 0.191 e. The van der Waals surface area contributed by atoms with Crippen LogP contribution in [0.1, 0.15) is 30.2 Å². The third kappa shape index (κ3) is 6.68. The lowest BCUT2D eigenvalue weighted by molar-refractivity contribution is 0.340. The Kier molecular flexibility index (Phi) is 9.78. The van der Waals surface area contributed by atoms with Gasteiger partial charge in [-0.2, -0.15) is 0 Å². The summed E-state index contributed by atoms with van der Waals surface area (Å²) >= 11 is 1.79. The molecule has 0 radical (unpaired) electrons. The van der Waals surface area contributed by atoms with Gasteiger partial charge < -0.3 is 15.4 Å². The number of hydrogen-bond donors (Lipinski definition) is 2. The maximum absolute atomic E-state index is 5.53. The van der Waals surface area contributed by atoms with Crippen LogP contribution >= 0.6 is 35.3 Å². The van der Waals surface area contributed by atoms with Crippen molar-refractivity contribution in [1.82, 2.24) is 10.6 Å². The molecule has 0 aliphatic rings. The Hall–Kier alpha value is -1.28. The molecule has 0 spiro atoms. The highest BCUT2D eigenvalue weighted by Gasteiger charge is 2.07. The van der Waals surface area contributed by atoms with Crippen molar-refractivity contribution in [1.29, 1.82) is 0 Å². The Balaban J connectivity index is 0.00000288. The van der Waals surface area contributed by atoms with Crippen LogP contribution in [-0.4, -0.2) is 26.2 Å². The third-order valence-corrected chi connectivity index (χ3v) is 4.60. The molecule has 1 atom stereocenters. The average molecular weight is 459 g/mol. The Labute approximate surface area is 165 Å². The Morgan fingerprint density at radius 2 is 2.08 bits per heavy atom. The summed E-state index contributed by atoms with van der Waals surface area (Å²) in [4.78, 5) is 5.67. The molecule has 0 saturated carbocycles. The number of nitrogens with zero attached hydrogens (tertiary/aromatic N) is 1. The van der Waals surface area contributed by atoms with Crippen molar-refractivity contribution < 1.29 is 4.74 Å². The first kappa shape index (κ1) is 20.8. The number of halogens is 1. The van der Waals surface area contributed by atoms with Crippen molar-refractivity contribution in [3.05, 3.63) is 52.2 Å². The molecule has 0 amide bonds. The summed E-state index contributed by atoms with van der Waals surface area (Å²) in [6.07, 6.45) is 0. The van der Waals surface area contributed by atoms with Crippen LogP contribution in [0.2, 0.25) is 0 Å². The zero-order valence-corrected chi connectivity index (χ0v) is 17.6. The summed E-state index contributed by atoms with van der Waals surface area (Å²) in [7, 11) is 1.79. The molecule has 4 nitrogen and oxygen atoms in total. The van der Waals surface area contributed by atoms with Gasteiger partial charge in [0.25, 0.3) is 0 Å². The molecule has 1 aromatic heterocycles. The summed E-state index contributed by atoms with van der Waals surface area (Å²) in [6.45, 7) is 6.47. The monoisotopic (exact) mass is 459 g/mol. The second-order valence-corrected chi connectivity index (χ2v) is 6.28. The summed E-state index contributed by atoms with van der Waals surface area (Å²) in [6, 6.07) is 12.4. The minimum absolute atomic E-state index is 0. The summed E-state index contributed by atoms with van der Waals surface area (Å²) in [5, 5.41) is 8.84. The zero-order valence-electron chi connectivity index (χ0n) is 14.4. The Morgan fingerprint density at radius 3 is 2.75 bits per heavy atom. The fourth-order valence-electron chi connectivity index (χ4n) is 2.24. The average Bonchev–Trinajstić information content (AvgIpc) is 3.10. The predicted octanol–water partition coefficient (Wildman–Crippen LogP) is 4.23. The molecule has 0 aliphatic carbocycles. The number of hydrogen-bond acceptors (Lipinski definition) is 3. The lowest BCUT2D eigenvalue weighted by Gasteiger charge is -2.15. The Morgan fingerprint density at radius 1 is 1.25 bits per heavy atom. The maximum Gasteiger partial charge on any atom is 0.191 e. The van der Waals surface area contributed by atoms with Crippen molar-refractivity contribution in [3.63, 3.8) is 0 Å². The highest BCUT2D eigenvalue weighted by Crippen LogP contribution is 2.19. The first-order valence-electron chi connectivity index (χ1n) is 7.92. The van der Waals surface area contributed by atoms with Gasteiger partial charge in [-0.1, -0.05) is 25.1 Å². The van der Waals surface area contributed by atoms with Gasteiger partial charge in [0.05, 0.1) is 6.61 Å². The summed E-state index contributed by atoms with van der Waals surface area (Å²) < 4.78 is 5.53. The van der Waals surface area contributed by atoms with Crippen molar-refractivity contribution in [2.45, 2.75) is 26.3 Å². The predicted molar refractivity (Wildman–Crippen MR) is 114 cm³/mol. The molecule has 0 fully saturated rings. The van der Waals surface area contributed by atoms with Gasteiger partial charge in [0.1, 0.15) is 5.75 Å². The highest BCUT2D eigenvalue weighted by atomic mass is 127. The summed E-state index contributed by atoms with van der Waals surface area (Å²) in [5.74, 6) is 2.19.